The fourth-order valence-corrected chi connectivity index (χ4v) is 5.69. The second-order valence-corrected chi connectivity index (χ2v) is 9.45. The molecule has 8 aromatic rings. The van der Waals surface area contributed by atoms with Crippen molar-refractivity contribution < 1.29 is 4.42 Å². The lowest BCUT2D eigenvalue weighted by atomic mass is 9.98. The summed E-state index contributed by atoms with van der Waals surface area (Å²) in [6.07, 6.45) is 0. The Morgan fingerprint density at radius 3 is 2.25 bits per heavy atom. The molecule has 0 aliphatic rings. The zero-order chi connectivity index (χ0) is 23.6. The second-order valence-electron chi connectivity index (χ2n) is 9.45. The maximum Gasteiger partial charge on any atom is 0.136 e. The van der Waals surface area contributed by atoms with Crippen LogP contribution in [0.1, 0.15) is 0 Å². The molecule has 0 saturated heterocycles. The summed E-state index contributed by atoms with van der Waals surface area (Å²) in [5, 5.41) is 7.28. The van der Waals surface area contributed by atoms with Crippen LogP contribution in [0.2, 0.25) is 0 Å². The summed E-state index contributed by atoms with van der Waals surface area (Å²) in [4.78, 5) is 3.69. The zero-order valence-electron chi connectivity index (χ0n) is 19.5. The normalized spacial score (nSPS) is 11.9. The minimum absolute atomic E-state index is 0.915. The number of furan rings is 1. The number of hydrogen-bond acceptors (Lipinski definition) is 1. The summed E-state index contributed by atoms with van der Waals surface area (Å²) in [7, 11) is 0. The quantitative estimate of drug-likeness (QED) is 0.274. The van der Waals surface area contributed by atoms with E-state index in [1.54, 1.807) is 0 Å². The van der Waals surface area contributed by atoms with Crippen LogP contribution in [0, 0.1) is 0 Å². The predicted molar refractivity (Wildman–Crippen MR) is 151 cm³/mol. The highest BCUT2D eigenvalue weighted by molar-refractivity contribution is 6.19. The van der Waals surface area contributed by atoms with Crippen LogP contribution in [0.3, 0.4) is 0 Å². The van der Waals surface area contributed by atoms with Crippen molar-refractivity contribution in [1.82, 2.24) is 4.98 Å². The van der Waals surface area contributed by atoms with E-state index >= 15 is 0 Å². The van der Waals surface area contributed by atoms with Gasteiger partial charge in [0.15, 0.2) is 0 Å². The summed E-state index contributed by atoms with van der Waals surface area (Å²) in [5.41, 5.74) is 8.92. The maximum atomic E-state index is 6.35. The third-order valence-electron chi connectivity index (χ3n) is 7.41. The van der Waals surface area contributed by atoms with Gasteiger partial charge in [-0.15, -0.1) is 0 Å². The van der Waals surface area contributed by atoms with Gasteiger partial charge in [0.25, 0.3) is 0 Å². The third kappa shape index (κ3) is 2.79. The summed E-state index contributed by atoms with van der Waals surface area (Å²) < 4.78 is 6.35. The standard InChI is InChI=1S/C34H21NO/c1-2-7-21(8-3-1)23-14-17-30-29(19-23)27-12-6-11-26(34(27)35-30)24-13-16-28-32(20-24)36-31-18-15-22-9-4-5-10-25(22)33(28)31/h1-20,35H. The van der Waals surface area contributed by atoms with Gasteiger partial charge in [-0.3, -0.25) is 0 Å². The van der Waals surface area contributed by atoms with Gasteiger partial charge in [-0.1, -0.05) is 91.0 Å². The van der Waals surface area contributed by atoms with Crippen molar-refractivity contribution in [2.45, 2.75) is 0 Å². The van der Waals surface area contributed by atoms with Crippen molar-refractivity contribution in [3.05, 3.63) is 121 Å². The summed E-state index contributed by atoms with van der Waals surface area (Å²) in [5.74, 6) is 0. The first-order valence-corrected chi connectivity index (χ1v) is 12.3. The third-order valence-corrected chi connectivity index (χ3v) is 7.41. The topological polar surface area (TPSA) is 28.9 Å². The Balaban J connectivity index is 1.33. The second kappa shape index (κ2) is 7.34. The van der Waals surface area contributed by atoms with E-state index in [2.05, 4.69) is 126 Å². The summed E-state index contributed by atoms with van der Waals surface area (Å²) in [6.45, 7) is 0. The van der Waals surface area contributed by atoms with Crippen LogP contribution >= 0.6 is 0 Å². The van der Waals surface area contributed by atoms with Gasteiger partial charge in [0.05, 0.1) is 5.52 Å². The number of aromatic amines is 1. The van der Waals surface area contributed by atoms with Gasteiger partial charge >= 0.3 is 0 Å². The van der Waals surface area contributed by atoms with Crippen LogP contribution in [0.5, 0.6) is 0 Å². The van der Waals surface area contributed by atoms with E-state index in [4.69, 9.17) is 4.42 Å². The molecular weight excluding hydrogens is 438 g/mol. The molecule has 2 heteroatoms. The maximum absolute atomic E-state index is 6.35. The average molecular weight is 460 g/mol. The highest BCUT2D eigenvalue weighted by Crippen LogP contribution is 2.39. The van der Waals surface area contributed by atoms with Crippen LogP contribution < -0.4 is 0 Å². The molecule has 1 N–H and O–H groups in total. The molecule has 0 aliphatic heterocycles. The molecule has 0 fully saturated rings. The molecule has 0 bridgehead atoms. The lowest BCUT2D eigenvalue weighted by Gasteiger charge is -2.04. The number of nitrogens with one attached hydrogen (secondary N) is 1. The van der Waals surface area contributed by atoms with Gasteiger partial charge in [-0.2, -0.15) is 0 Å². The number of hydrogen-bond donors (Lipinski definition) is 1. The van der Waals surface area contributed by atoms with Gasteiger partial charge in [-0.25, -0.2) is 0 Å². The van der Waals surface area contributed by atoms with Gasteiger partial charge < -0.3 is 9.40 Å². The molecule has 2 nitrogen and oxygen atoms in total. The molecule has 0 radical (unpaired) electrons. The molecule has 6 aromatic carbocycles. The highest BCUT2D eigenvalue weighted by atomic mass is 16.3. The van der Waals surface area contributed by atoms with Crippen LogP contribution in [0.15, 0.2) is 126 Å². The smallest absolute Gasteiger partial charge is 0.136 e. The summed E-state index contributed by atoms with van der Waals surface area (Å²) in [6, 6.07) is 43.1. The van der Waals surface area contributed by atoms with E-state index in [-0.39, 0.29) is 0 Å². The van der Waals surface area contributed by atoms with Crippen molar-refractivity contribution >= 4 is 54.5 Å². The highest BCUT2D eigenvalue weighted by Gasteiger charge is 2.14. The first kappa shape index (κ1) is 19.5. The van der Waals surface area contributed by atoms with Crippen LogP contribution in [0.25, 0.3) is 76.8 Å². The molecule has 36 heavy (non-hydrogen) atoms. The van der Waals surface area contributed by atoms with E-state index in [1.807, 2.05) is 0 Å². The minimum Gasteiger partial charge on any atom is -0.456 e. The van der Waals surface area contributed by atoms with Crippen molar-refractivity contribution in [3.63, 3.8) is 0 Å². The Hall–Kier alpha value is -4.82. The lowest BCUT2D eigenvalue weighted by Crippen LogP contribution is -1.80. The number of para-hydroxylation sites is 1. The Labute approximate surface area is 207 Å². The molecule has 0 spiro atoms. The van der Waals surface area contributed by atoms with E-state index in [0.29, 0.717) is 0 Å². The fourth-order valence-electron chi connectivity index (χ4n) is 5.69. The molecule has 0 saturated carbocycles. The Bertz CT molecular complexity index is 2090. The molecule has 168 valence electrons. The number of H-pyrrole nitrogens is 1. The van der Waals surface area contributed by atoms with E-state index in [1.165, 1.54) is 43.6 Å². The Morgan fingerprint density at radius 2 is 1.31 bits per heavy atom. The van der Waals surface area contributed by atoms with Gasteiger partial charge in [0.1, 0.15) is 11.2 Å². The first-order chi connectivity index (χ1) is 17.8. The minimum atomic E-state index is 0.915. The zero-order valence-corrected chi connectivity index (χ0v) is 19.5. The number of benzene rings is 6. The molecule has 0 unspecified atom stereocenters. The van der Waals surface area contributed by atoms with Crippen LogP contribution in [-0.4, -0.2) is 4.98 Å². The fraction of sp³-hybridized carbons (Fsp3) is 0. The predicted octanol–water partition coefficient (Wildman–Crippen LogP) is 9.71. The van der Waals surface area contributed by atoms with Crippen molar-refractivity contribution in [1.29, 1.82) is 0 Å². The van der Waals surface area contributed by atoms with Crippen LogP contribution in [-0.2, 0) is 0 Å². The molecule has 2 aromatic heterocycles. The Morgan fingerprint density at radius 1 is 0.472 bits per heavy atom. The van der Waals surface area contributed by atoms with E-state index in [0.717, 1.165) is 33.1 Å². The van der Waals surface area contributed by atoms with Gasteiger partial charge in [0.2, 0.25) is 0 Å². The van der Waals surface area contributed by atoms with Gasteiger partial charge in [0, 0.05) is 32.6 Å². The van der Waals surface area contributed by atoms with Gasteiger partial charge in [-0.05, 0) is 57.8 Å². The summed E-state index contributed by atoms with van der Waals surface area (Å²) >= 11 is 0. The molecule has 2 heterocycles. The Kier molecular flexibility index (Phi) is 3.97. The van der Waals surface area contributed by atoms with E-state index in [9.17, 15) is 0 Å². The molecular formula is C34H21NO. The number of aromatic nitrogens is 1. The largest absolute Gasteiger partial charge is 0.456 e. The lowest BCUT2D eigenvalue weighted by molar-refractivity contribution is 0.669. The van der Waals surface area contributed by atoms with Crippen LogP contribution in [0.4, 0.5) is 0 Å². The first-order valence-electron chi connectivity index (χ1n) is 12.3. The molecule has 0 atom stereocenters. The molecule has 0 aliphatic carbocycles. The monoisotopic (exact) mass is 459 g/mol. The SMILES string of the molecule is c1ccc(-c2ccc3[nH]c4c(-c5ccc6c(c5)oc5ccc7ccccc7c56)cccc4c3c2)cc1. The van der Waals surface area contributed by atoms with Crippen molar-refractivity contribution in [2.75, 3.05) is 0 Å². The molecule has 0 amide bonds. The average Bonchev–Trinajstić information content (AvgIpc) is 3.51. The van der Waals surface area contributed by atoms with Crippen molar-refractivity contribution in [2.24, 2.45) is 0 Å². The van der Waals surface area contributed by atoms with E-state index < -0.39 is 0 Å². The number of rotatable bonds is 2. The van der Waals surface area contributed by atoms with Crippen molar-refractivity contribution in [3.8, 4) is 22.3 Å². The number of fused-ring (bicyclic) bond motifs is 8. The molecule has 8 rings (SSSR count).